The molecule has 0 bridgehead atoms. The lowest BCUT2D eigenvalue weighted by molar-refractivity contribution is 0.259. The highest BCUT2D eigenvalue weighted by Gasteiger charge is 2.19. The Morgan fingerprint density at radius 1 is 0.960 bits per heavy atom. The first-order valence-electron chi connectivity index (χ1n) is 9.93. The Balaban J connectivity index is 1.60. The van der Waals surface area contributed by atoms with E-state index in [1.165, 1.54) is 44.1 Å². The molecular formula is C23H30FN. The molecule has 25 heavy (non-hydrogen) atoms. The van der Waals surface area contributed by atoms with Gasteiger partial charge in [-0.2, -0.15) is 0 Å². The number of benzene rings is 1. The van der Waals surface area contributed by atoms with Crippen molar-refractivity contribution in [1.29, 1.82) is 0 Å². The van der Waals surface area contributed by atoms with Gasteiger partial charge >= 0.3 is 0 Å². The summed E-state index contributed by atoms with van der Waals surface area (Å²) in [6.45, 7) is 4.40. The number of hydrogen-bond donors (Lipinski definition) is 0. The normalized spacial score (nSPS) is 20.6. The first-order chi connectivity index (χ1) is 12.2. The molecule has 1 saturated carbocycles. The van der Waals surface area contributed by atoms with Crippen molar-refractivity contribution < 1.29 is 4.39 Å². The predicted molar refractivity (Wildman–Crippen MR) is 103 cm³/mol. The van der Waals surface area contributed by atoms with Crippen LogP contribution in [0, 0.1) is 17.7 Å². The maximum atomic E-state index is 14.5. The van der Waals surface area contributed by atoms with Gasteiger partial charge in [0.15, 0.2) is 0 Å². The molecule has 1 aromatic heterocycles. The molecule has 2 heteroatoms. The van der Waals surface area contributed by atoms with Crippen LogP contribution in [-0.2, 0) is 12.8 Å². The zero-order valence-electron chi connectivity index (χ0n) is 15.6. The van der Waals surface area contributed by atoms with E-state index in [0.717, 1.165) is 35.9 Å². The fourth-order valence-electron chi connectivity index (χ4n) is 4.01. The molecular weight excluding hydrogens is 309 g/mol. The summed E-state index contributed by atoms with van der Waals surface area (Å²) >= 11 is 0. The lowest BCUT2D eigenvalue weighted by Gasteiger charge is -2.27. The Labute approximate surface area is 151 Å². The van der Waals surface area contributed by atoms with Crippen molar-refractivity contribution in [1.82, 2.24) is 4.98 Å². The monoisotopic (exact) mass is 339 g/mol. The zero-order valence-corrected chi connectivity index (χ0v) is 15.6. The van der Waals surface area contributed by atoms with Crippen molar-refractivity contribution in [2.75, 3.05) is 0 Å². The molecule has 0 radical (unpaired) electrons. The summed E-state index contributed by atoms with van der Waals surface area (Å²) in [5.41, 5.74) is 3.62. The van der Waals surface area contributed by atoms with Crippen LogP contribution in [-0.4, -0.2) is 4.98 Å². The van der Waals surface area contributed by atoms with Crippen LogP contribution in [0.15, 0.2) is 36.5 Å². The highest BCUT2D eigenvalue weighted by molar-refractivity contribution is 5.60. The van der Waals surface area contributed by atoms with Crippen LogP contribution in [0.5, 0.6) is 0 Å². The highest BCUT2D eigenvalue weighted by atomic mass is 19.1. The zero-order chi connectivity index (χ0) is 17.6. The maximum absolute atomic E-state index is 14.5. The first-order valence-corrected chi connectivity index (χ1v) is 9.93. The van der Waals surface area contributed by atoms with Gasteiger partial charge in [-0.25, -0.2) is 4.39 Å². The number of aromatic nitrogens is 1. The van der Waals surface area contributed by atoms with E-state index in [2.05, 4.69) is 24.9 Å². The van der Waals surface area contributed by atoms with E-state index in [1.807, 2.05) is 24.4 Å². The molecule has 1 aliphatic carbocycles. The van der Waals surface area contributed by atoms with Crippen molar-refractivity contribution in [2.45, 2.75) is 65.2 Å². The number of pyridine rings is 1. The second kappa shape index (κ2) is 8.60. The van der Waals surface area contributed by atoms with E-state index in [0.29, 0.717) is 5.56 Å². The largest absolute Gasteiger partial charge is 0.256 e. The molecule has 0 aliphatic heterocycles. The Kier molecular flexibility index (Phi) is 6.23. The van der Waals surface area contributed by atoms with Crippen LogP contribution in [0.4, 0.5) is 4.39 Å². The molecule has 0 atom stereocenters. The van der Waals surface area contributed by atoms with Gasteiger partial charge in [0.2, 0.25) is 0 Å². The van der Waals surface area contributed by atoms with Gasteiger partial charge in [-0.15, -0.1) is 0 Å². The van der Waals surface area contributed by atoms with E-state index in [1.54, 1.807) is 6.07 Å². The molecule has 134 valence electrons. The van der Waals surface area contributed by atoms with Gasteiger partial charge in [0.05, 0.1) is 5.69 Å². The Morgan fingerprint density at radius 3 is 2.28 bits per heavy atom. The fourth-order valence-corrected chi connectivity index (χ4v) is 4.01. The van der Waals surface area contributed by atoms with Gasteiger partial charge in [-0.05, 0) is 60.4 Å². The summed E-state index contributed by atoms with van der Waals surface area (Å²) in [6, 6.07) is 9.63. The molecule has 0 unspecified atom stereocenters. The molecule has 0 N–H and O–H groups in total. The van der Waals surface area contributed by atoms with Gasteiger partial charge in [0.25, 0.3) is 0 Å². The van der Waals surface area contributed by atoms with E-state index in [-0.39, 0.29) is 5.82 Å². The summed E-state index contributed by atoms with van der Waals surface area (Å²) in [5, 5.41) is 0. The second-order valence-electron chi connectivity index (χ2n) is 7.55. The topological polar surface area (TPSA) is 12.9 Å². The third-order valence-corrected chi connectivity index (χ3v) is 5.93. The first kappa shape index (κ1) is 18.1. The van der Waals surface area contributed by atoms with E-state index >= 15 is 0 Å². The van der Waals surface area contributed by atoms with Crippen LogP contribution < -0.4 is 0 Å². The van der Waals surface area contributed by atoms with Crippen LogP contribution in [0.3, 0.4) is 0 Å². The molecule has 0 amide bonds. The lowest BCUT2D eigenvalue weighted by atomic mass is 9.78. The molecule has 3 rings (SSSR count). The molecule has 1 nitrogen and oxygen atoms in total. The lowest BCUT2D eigenvalue weighted by Crippen LogP contribution is -2.14. The molecule has 0 saturated heterocycles. The minimum atomic E-state index is -0.149. The maximum Gasteiger partial charge on any atom is 0.132 e. The number of halogens is 1. The predicted octanol–water partition coefficient (Wildman–Crippen LogP) is 6.60. The summed E-state index contributed by atoms with van der Waals surface area (Å²) in [7, 11) is 0. The molecule has 1 aliphatic rings. The molecule has 0 spiro atoms. The van der Waals surface area contributed by atoms with Gasteiger partial charge in [-0.1, -0.05) is 58.1 Å². The smallest absolute Gasteiger partial charge is 0.132 e. The molecule has 1 aromatic carbocycles. The van der Waals surface area contributed by atoms with Crippen molar-refractivity contribution >= 4 is 0 Å². The number of rotatable bonds is 6. The number of nitrogens with zero attached hydrogens (tertiary/aromatic N) is 1. The third kappa shape index (κ3) is 4.68. The minimum Gasteiger partial charge on any atom is -0.256 e. The van der Waals surface area contributed by atoms with Crippen LogP contribution in [0.25, 0.3) is 11.3 Å². The van der Waals surface area contributed by atoms with Crippen molar-refractivity contribution in [3.63, 3.8) is 0 Å². The SMILES string of the molecule is CCc1ccc(-c2ccc(CCC3CCC(CC)CC3)cc2F)nc1. The molecule has 1 heterocycles. The number of aryl methyl sites for hydroxylation is 2. The molecule has 1 fully saturated rings. The van der Waals surface area contributed by atoms with Crippen LogP contribution in [0.1, 0.15) is 63.5 Å². The average Bonchev–Trinajstić information content (AvgIpc) is 2.67. The van der Waals surface area contributed by atoms with E-state index in [9.17, 15) is 4.39 Å². The van der Waals surface area contributed by atoms with Gasteiger partial charge < -0.3 is 0 Å². The van der Waals surface area contributed by atoms with Crippen LogP contribution in [0.2, 0.25) is 0 Å². The summed E-state index contributed by atoms with van der Waals surface area (Å²) in [6.07, 6.45) is 11.8. The molecule has 2 aromatic rings. The van der Waals surface area contributed by atoms with Crippen LogP contribution >= 0.6 is 0 Å². The van der Waals surface area contributed by atoms with Crippen molar-refractivity contribution in [3.8, 4) is 11.3 Å². The van der Waals surface area contributed by atoms with E-state index < -0.39 is 0 Å². The number of hydrogen-bond acceptors (Lipinski definition) is 1. The second-order valence-corrected chi connectivity index (χ2v) is 7.55. The Hall–Kier alpha value is -1.70. The highest BCUT2D eigenvalue weighted by Crippen LogP contribution is 2.33. The van der Waals surface area contributed by atoms with Gasteiger partial charge in [-0.3, -0.25) is 4.98 Å². The Morgan fingerprint density at radius 2 is 1.68 bits per heavy atom. The quantitative estimate of drug-likeness (QED) is 0.578. The van der Waals surface area contributed by atoms with Crippen molar-refractivity contribution in [2.24, 2.45) is 11.8 Å². The minimum absolute atomic E-state index is 0.149. The van der Waals surface area contributed by atoms with Gasteiger partial charge in [0.1, 0.15) is 5.82 Å². The fraction of sp³-hybridized carbons (Fsp3) is 0.522. The van der Waals surface area contributed by atoms with Gasteiger partial charge in [0, 0.05) is 11.8 Å². The average molecular weight is 339 g/mol. The third-order valence-electron chi connectivity index (χ3n) is 5.93. The van der Waals surface area contributed by atoms with E-state index in [4.69, 9.17) is 0 Å². The standard InChI is InChI=1S/C23H30FN/c1-3-17-5-7-19(8-6-17)9-10-20-11-13-21(22(24)15-20)23-14-12-18(4-2)16-25-23/h11-17,19H,3-10H2,1-2H3. The Bertz CT molecular complexity index is 669. The summed E-state index contributed by atoms with van der Waals surface area (Å²) in [4.78, 5) is 4.40. The summed E-state index contributed by atoms with van der Waals surface area (Å²) < 4.78 is 14.5. The van der Waals surface area contributed by atoms with Crippen molar-refractivity contribution in [3.05, 3.63) is 53.5 Å². The summed E-state index contributed by atoms with van der Waals surface area (Å²) in [5.74, 6) is 1.62.